The van der Waals surface area contributed by atoms with Crippen LogP contribution in [0.25, 0.3) is 10.2 Å². The molecule has 0 saturated heterocycles. The Bertz CT molecular complexity index is 781. The highest BCUT2D eigenvalue weighted by Gasteiger charge is 2.21. The zero-order valence-electron chi connectivity index (χ0n) is 13.4. The number of nitrogens with zero attached hydrogens (tertiary/aromatic N) is 1. The van der Waals surface area contributed by atoms with Crippen LogP contribution in [-0.2, 0) is 28.8 Å². The number of amides is 1. The quantitative estimate of drug-likeness (QED) is 0.839. The van der Waals surface area contributed by atoms with Gasteiger partial charge in [0.2, 0.25) is 5.91 Å². The molecule has 2 aromatic rings. The highest BCUT2D eigenvalue weighted by Crippen LogP contribution is 2.34. The average Bonchev–Trinajstić information content (AvgIpc) is 3.05. The van der Waals surface area contributed by atoms with Gasteiger partial charge in [0.15, 0.2) is 0 Å². The number of nitrogens with one attached hydrogen (secondary N) is 2. The van der Waals surface area contributed by atoms with Crippen LogP contribution in [0.3, 0.4) is 0 Å². The lowest BCUT2D eigenvalue weighted by Crippen LogP contribution is -2.35. The summed E-state index contributed by atoms with van der Waals surface area (Å²) in [5, 5.41) is 3.61. The Hall–Kier alpha value is -1.73. The minimum Gasteiger partial charge on any atom is -0.383 e. The molecular formula is C16H21N3O3S. The molecule has 124 valence electrons. The first-order valence-corrected chi connectivity index (χ1v) is 8.72. The Morgan fingerprint density at radius 1 is 1.48 bits per heavy atom. The highest BCUT2D eigenvalue weighted by molar-refractivity contribution is 7.18. The van der Waals surface area contributed by atoms with Gasteiger partial charge in [-0.05, 0) is 31.7 Å². The molecule has 0 aliphatic heterocycles. The summed E-state index contributed by atoms with van der Waals surface area (Å²) in [4.78, 5) is 33.7. The van der Waals surface area contributed by atoms with E-state index in [1.54, 1.807) is 18.4 Å². The van der Waals surface area contributed by atoms with Crippen molar-refractivity contribution in [2.45, 2.75) is 45.1 Å². The number of hydrogen-bond acceptors (Lipinski definition) is 5. The van der Waals surface area contributed by atoms with Gasteiger partial charge in [-0.2, -0.15) is 0 Å². The number of rotatable bonds is 6. The van der Waals surface area contributed by atoms with Gasteiger partial charge in [-0.1, -0.05) is 0 Å². The first kappa shape index (κ1) is 16.1. The van der Waals surface area contributed by atoms with E-state index in [2.05, 4.69) is 15.3 Å². The Kier molecular flexibility index (Phi) is 4.77. The summed E-state index contributed by atoms with van der Waals surface area (Å²) in [5.74, 6) is 0.517. The highest BCUT2D eigenvalue weighted by atomic mass is 32.1. The van der Waals surface area contributed by atoms with Crippen molar-refractivity contribution < 1.29 is 9.53 Å². The predicted molar refractivity (Wildman–Crippen MR) is 90.1 cm³/mol. The fourth-order valence-electron chi connectivity index (χ4n) is 3.04. The van der Waals surface area contributed by atoms with Crippen LogP contribution in [0.4, 0.5) is 0 Å². The number of carbonyl (C=O) groups is 1. The number of aromatic amines is 1. The Balaban J connectivity index is 1.70. The first-order valence-electron chi connectivity index (χ1n) is 7.90. The molecule has 0 unspecified atom stereocenters. The van der Waals surface area contributed by atoms with Gasteiger partial charge in [0.05, 0.1) is 12.0 Å². The molecule has 2 aromatic heterocycles. The minimum atomic E-state index is -0.0717. The van der Waals surface area contributed by atoms with Crippen LogP contribution in [0.15, 0.2) is 4.79 Å². The molecule has 1 amide bonds. The third-order valence-electron chi connectivity index (χ3n) is 4.04. The second-order valence-electron chi connectivity index (χ2n) is 5.97. The predicted octanol–water partition coefficient (Wildman–Crippen LogP) is 1.56. The van der Waals surface area contributed by atoms with Crippen LogP contribution in [0.2, 0.25) is 0 Å². The van der Waals surface area contributed by atoms with Crippen LogP contribution < -0.4 is 10.9 Å². The number of thiophene rings is 1. The number of aromatic nitrogens is 2. The largest absolute Gasteiger partial charge is 0.383 e. The van der Waals surface area contributed by atoms with Crippen molar-refractivity contribution in [3.05, 3.63) is 26.6 Å². The van der Waals surface area contributed by atoms with Crippen LogP contribution in [0.1, 0.15) is 36.0 Å². The number of ether oxygens (including phenoxy) is 1. The number of carbonyl (C=O) groups excluding carboxylic acids is 1. The molecule has 1 atom stereocenters. The lowest BCUT2D eigenvalue weighted by Gasteiger charge is -2.12. The summed E-state index contributed by atoms with van der Waals surface area (Å²) in [6, 6.07) is -0.0257. The second kappa shape index (κ2) is 6.80. The lowest BCUT2D eigenvalue weighted by molar-refractivity contribution is -0.122. The third-order valence-corrected chi connectivity index (χ3v) is 5.22. The summed E-state index contributed by atoms with van der Waals surface area (Å²) in [5.41, 5.74) is 1.11. The van der Waals surface area contributed by atoms with E-state index >= 15 is 0 Å². The molecule has 0 saturated carbocycles. The molecule has 1 aliphatic carbocycles. The van der Waals surface area contributed by atoms with Crippen LogP contribution in [0.5, 0.6) is 0 Å². The van der Waals surface area contributed by atoms with Crippen molar-refractivity contribution >= 4 is 27.5 Å². The van der Waals surface area contributed by atoms with E-state index in [0.29, 0.717) is 25.3 Å². The van der Waals surface area contributed by atoms with E-state index < -0.39 is 0 Å². The molecule has 0 aromatic carbocycles. The smallest absolute Gasteiger partial charge is 0.259 e. The number of methoxy groups -OCH3 is 1. The maximum Gasteiger partial charge on any atom is 0.259 e. The summed E-state index contributed by atoms with van der Waals surface area (Å²) in [7, 11) is 1.60. The molecule has 0 fully saturated rings. The van der Waals surface area contributed by atoms with Crippen molar-refractivity contribution in [3.8, 4) is 0 Å². The van der Waals surface area contributed by atoms with Crippen LogP contribution in [-0.4, -0.2) is 35.6 Å². The summed E-state index contributed by atoms with van der Waals surface area (Å²) in [6.07, 6.45) is 3.87. The fraction of sp³-hybridized carbons (Fsp3) is 0.562. The lowest BCUT2D eigenvalue weighted by atomic mass is 10.2. The summed E-state index contributed by atoms with van der Waals surface area (Å²) < 4.78 is 4.99. The number of H-pyrrole nitrogens is 1. The van der Waals surface area contributed by atoms with Gasteiger partial charge in [0.25, 0.3) is 5.56 Å². The van der Waals surface area contributed by atoms with E-state index in [-0.39, 0.29) is 17.5 Å². The number of aryl methyl sites for hydroxylation is 3. The zero-order chi connectivity index (χ0) is 16.4. The van der Waals surface area contributed by atoms with Crippen molar-refractivity contribution in [3.63, 3.8) is 0 Å². The van der Waals surface area contributed by atoms with Gasteiger partial charge < -0.3 is 15.0 Å². The van der Waals surface area contributed by atoms with E-state index in [9.17, 15) is 9.59 Å². The number of fused-ring (bicyclic) bond motifs is 3. The third kappa shape index (κ3) is 3.45. The monoisotopic (exact) mass is 335 g/mol. The van der Waals surface area contributed by atoms with E-state index in [0.717, 1.165) is 29.5 Å². The van der Waals surface area contributed by atoms with Crippen molar-refractivity contribution in [1.29, 1.82) is 0 Å². The maximum atomic E-state index is 12.3. The molecule has 2 heterocycles. The van der Waals surface area contributed by atoms with Crippen molar-refractivity contribution in [2.24, 2.45) is 0 Å². The number of hydrogen-bond donors (Lipinski definition) is 2. The topological polar surface area (TPSA) is 84.1 Å². The molecule has 23 heavy (non-hydrogen) atoms. The van der Waals surface area contributed by atoms with Crippen molar-refractivity contribution in [1.82, 2.24) is 15.3 Å². The van der Waals surface area contributed by atoms with Gasteiger partial charge in [-0.15, -0.1) is 11.3 Å². The van der Waals surface area contributed by atoms with Gasteiger partial charge in [0, 0.05) is 30.9 Å². The zero-order valence-corrected chi connectivity index (χ0v) is 14.2. The maximum absolute atomic E-state index is 12.3. The Morgan fingerprint density at radius 3 is 3.09 bits per heavy atom. The molecule has 0 radical (unpaired) electrons. The standard InChI is InChI=1S/C16H21N3O3S/c1-9(8-22-2)17-13(20)7-6-12-18-15(21)14-10-4-3-5-11(10)23-16(14)19-12/h9H,3-8H2,1-2H3,(H,17,20)(H,18,19,21)/t9-/m1/s1. The van der Waals surface area contributed by atoms with Gasteiger partial charge in [-0.25, -0.2) is 4.98 Å². The minimum absolute atomic E-state index is 0.0257. The van der Waals surface area contributed by atoms with Gasteiger partial charge >= 0.3 is 0 Å². The fourth-order valence-corrected chi connectivity index (χ4v) is 4.32. The molecule has 6 nitrogen and oxygen atoms in total. The molecule has 0 bridgehead atoms. The molecule has 7 heteroatoms. The summed E-state index contributed by atoms with van der Waals surface area (Å²) >= 11 is 1.62. The SMILES string of the molecule is COC[C@@H](C)NC(=O)CCc1nc2sc3c(c2c(=O)[nH]1)CCC3. The second-order valence-corrected chi connectivity index (χ2v) is 7.06. The molecule has 3 rings (SSSR count). The van der Waals surface area contributed by atoms with Crippen molar-refractivity contribution in [2.75, 3.05) is 13.7 Å². The Morgan fingerprint density at radius 2 is 2.30 bits per heavy atom. The van der Waals surface area contributed by atoms with Crippen LogP contribution >= 0.6 is 11.3 Å². The van der Waals surface area contributed by atoms with Gasteiger partial charge in [-0.3, -0.25) is 9.59 Å². The molecule has 0 spiro atoms. The van der Waals surface area contributed by atoms with E-state index in [4.69, 9.17) is 4.74 Å². The molecular weight excluding hydrogens is 314 g/mol. The average molecular weight is 335 g/mol. The molecule has 1 aliphatic rings. The van der Waals surface area contributed by atoms with Crippen LogP contribution in [0, 0.1) is 0 Å². The molecule has 2 N–H and O–H groups in total. The van der Waals surface area contributed by atoms with E-state index in [1.807, 2.05) is 6.92 Å². The first-order chi connectivity index (χ1) is 11.1. The summed E-state index contributed by atoms with van der Waals surface area (Å²) in [6.45, 7) is 2.37. The normalized spacial score (nSPS) is 14.9. The van der Waals surface area contributed by atoms with E-state index in [1.165, 1.54) is 10.4 Å². The van der Waals surface area contributed by atoms with Gasteiger partial charge in [0.1, 0.15) is 10.7 Å². The Labute approximate surface area is 138 Å².